The molecule has 2 aliphatic rings. The van der Waals surface area contributed by atoms with Crippen molar-refractivity contribution in [2.45, 2.75) is 31.9 Å². The van der Waals surface area contributed by atoms with Gasteiger partial charge in [0, 0.05) is 33.8 Å². The van der Waals surface area contributed by atoms with E-state index in [1.165, 1.54) is 21.9 Å². The van der Waals surface area contributed by atoms with Gasteiger partial charge in [-0.05, 0) is 59.0 Å². The molecule has 0 amide bonds. The van der Waals surface area contributed by atoms with Crippen molar-refractivity contribution < 1.29 is 9.53 Å². The maximum Gasteiger partial charge on any atom is 0.161 e. The van der Waals surface area contributed by atoms with E-state index < -0.39 is 0 Å². The average Bonchev–Trinajstić information content (AvgIpc) is 2.87. The number of Topliss-reactive ketones (excluding diaryl/α,β-unsaturated/α-hetero) is 1. The van der Waals surface area contributed by atoms with Crippen molar-refractivity contribution in [1.82, 2.24) is 0 Å². The maximum atomic E-state index is 13.3. The van der Waals surface area contributed by atoms with Gasteiger partial charge in [0.1, 0.15) is 12.4 Å². The topological polar surface area (TPSA) is 38.3 Å². The number of ether oxygens (including phenoxy) is 1. The number of rotatable bonds is 4. The van der Waals surface area contributed by atoms with Gasteiger partial charge in [-0.15, -0.1) is 0 Å². The molecule has 4 heteroatoms. The summed E-state index contributed by atoms with van der Waals surface area (Å²) in [5.74, 6) is 0.997. The predicted molar refractivity (Wildman–Crippen MR) is 138 cm³/mol. The van der Waals surface area contributed by atoms with Crippen molar-refractivity contribution in [2.75, 3.05) is 5.32 Å². The molecule has 0 saturated carbocycles. The fraction of sp³-hybridized carbons (Fsp3) is 0.167. The zero-order valence-corrected chi connectivity index (χ0v) is 19.4. The van der Waals surface area contributed by atoms with Crippen LogP contribution < -0.4 is 10.1 Å². The first kappa shape index (κ1) is 21.0. The van der Waals surface area contributed by atoms with Gasteiger partial charge in [0.25, 0.3) is 0 Å². The molecule has 0 aromatic heterocycles. The van der Waals surface area contributed by atoms with Gasteiger partial charge in [-0.3, -0.25) is 4.79 Å². The van der Waals surface area contributed by atoms with Gasteiger partial charge < -0.3 is 10.1 Å². The van der Waals surface area contributed by atoms with Crippen LogP contribution in [0.2, 0.25) is 5.02 Å². The average molecular weight is 466 g/mol. The van der Waals surface area contributed by atoms with Crippen molar-refractivity contribution in [3.63, 3.8) is 0 Å². The van der Waals surface area contributed by atoms with Crippen LogP contribution in [0.5, 0.6) is 5.75 Å². The van der Waals surface area contributed by atoms with E-state index >= 15 is 0 Å². The molecule has 0 radical (unpaired) electrons. The molecule has 1 atom stereocenters. The number of hydrogen-bond donors (Lipinski definition) is 1. The quantitative estimate of drug-likeness (QED) is 0.335. The van der Waals surface area contributed by atoms with Gasteiger partial charge in [-0.2, -0.15) is 0 Å². The number of nitrogens with one attached hydrogen (secondary N) is 1. The molecule has 0 bridgehead atoms. The van der Waals surface area contributed by atoms with Gasteiger partial charge in [0.15, 0.2) is 5.78 Å². The van der Waals surface area contributed by atoms with Gasteiger partial charge in [-0.25, -0.2) is 0 Å². The van der Waals surface area contributed by atoms with Crippen LogP contribution in [-0.2, 0) is 11.4 Å². The standard InChI is InChI=1S/C30H24ClNO2/c31-21-9-5-7-19(17-21)18-34-27-14-4-3-11-23(27)30-29-24(12-6-13-26(29)33)28-22-10-2-1-8-20(22)15-16-25(28)32-30/h1-5,7-11,14-17,30,32H,6,12-13,18H2/t30-/m0/s1. The summed E-state index contributed by atoms with van der Waals surface area (Å²) in [7, 11) is 0. The second-order valence-electron chi connectivity index (χ2n) is 8.91. The highest BCUT2D eigenvalue weighted by molar-refractivity contribution is 6.30. The second-order valence-corrected chi connectivity index (χ2v) is 9.35. The lowest BCUT2D eigenvalue weighted by Crippen LogP contribution is -2.27. The summed E-state index contributed by atoms with van der Waals surface area (Å²) in [6.45, 7) is 0.408. The Balaban J connectivity index is 1.45. The predicted octanol–water partition coefficient (Wildman–Crippen LogP) is 7.75. The van der Waals surface area contributed by atoms with Gasteiger partial charge >= 0.3 is 0 Å². The molecule has 3 nitrogen and oxygen atoms in total. The molecule has 6 rings (SSSR count). The third-order valence-corrected chi connectivity index (χ3v) is 7.02. The van der Waals surface area contributed by atoms with Crippen molar-refractivity contribution in [3.8, 4) is 5.75 Å². The summed E-state index contributed by atoms with van der Waals surface area (Å²) in [6.07, 6.45) is 2.38. The zero-order chi connectivity index (χ0) is 23.1. The van der Waals surface area contributed by atoms with Crippen LogP contribution in [0.15, 0.2) is 90.5 Å². The first-order valence-corrected chi connectivity index (χ1v) is 12.1. The summed E-state index contributed by atoms with van der Waals surface area (Å²) >= 11 is 6.15. The Labute approximate surface area is 204 Å². The van der Waals surface area contributed by atoms with Crippen LogP contribution >= 0.6 is 11.6 Å². The maximum absolute atomic E-state index is 13.3. The Bertz CT molecular complexity index is 1460. The highest BCUT2D eigenvalue weighted by Gasteiger charge is 2.36. The van der Waals surface area contributed by atoms with Crippen molar-refractivity contribution in [3.05, 3.63) is 112 Å². The van der Waals surface area contributed by atoms with Gasteiger partial charge in [-0.1, -0.05) is 72.3 Å². The van der Waals surface area contributed by atoms with Crippen LogP contribution in [0.4, 0.5) is 5.69 Å². The highest BCUT2D eigenvalue weighted by Crippen LogP contribution is 2.49. The lowest BCUT2D eigenvalue weighted by atomic mass is 9.76. The molecular formula is C30H24ClNO2. The third kappa shape index (κ3) is 3.66. The summed E-state index contributed by atoms with van der Waals surface area (Å²) < 4.78 is 6.27. The molecule has 1 N–H and O–H groups in total. The molecule has 1 heterocycles. The Morgan fingerprint density at radius 2 is 1.76 bits per heavy atom. The van der Waals surface area contributed by atoms with Crippen LogP contribution in [-0.4, -0.2) is 5.78 Å². The fourth-order valence-corrected chi connectivity index (χ4v) is 5.49. The van der Waals surface area contributed by atoms with E-state index in [1.54, 1.807) is 0 Å². The van der Waals surface area contributed by atoms with Gasteiger partial charge in [0.2, 0.25) is 0 Å². The van der Waals surface area contributed by atoms with E-state index in [1.807, 2.05) is 42.5 Å². The first-order chi connectivity index (χ1) is 16.7. The molecule has 168 valence electrons. The lowest BCUT2D eigenvalue weighted by Gasteiger charge is -2.35. The van der Waals surface area contributed by atoms with E-state index in [0.717, 1.165) is 41.0 Å². The molecule has 0 unspecified atom stereocenters. The highest BCUT2D eigenvalue weighted by atomic mass is 35.5. The number of anilines is 1. The molecule has 0 spiro atoms. The van der Waals surface area contributed by atoms with Crippen LogP contribution in [0, 0.1) is 0 Å². The minimum atomic E-state index is -0.243. The summed E-state index contributed by atoms with van der Waals surface area (Å²) in [5.41, 5.74) is 6.29. The number of carbonyl (C=O) groups excluding carboxylic acids is 1. The summed E-state index contributed by atoms with van der Waals surface area (Å²) in [6, 6.07) is 28.2. The normalized spacial score (nSPS) is 17.2. The number of halogens is 1. The van der Waals surface area contributed by atoms with Crippen molar-refractivity contribution in [2.24, 2.45) is 0 Å². The van der Waals surface area contributed by atoms with E-state index in [9.17, 15) is 4.79 Å². The van der Waals surface area contributed by atoms with Crippen molar-refractivity contribution >= 4 is 39.4 Å². The van der Waals surface area contributed by atoms with Crippen LogP contribution in [0.3, 0.4) is 0 Å². The molecule has 0 fully saturated rings. The van der Waals surface area contributed by atoms with E-state index in [2.05, 4.69) is 47.8 Å². The van der Waals surface area contributed by atoms with E-state index in [-0.39, 0.29) is 11.8 Å². The molecule has 4 aromatic rings. The van der Waals surface area contributed by atoms with Crippen molar-refractivity contribution in [1.29, 1.82) is 0 Å². The van der Waals surface area contributed by atoms with Crippen LogP contribution in [0.1, 0.15) is 42.0 Å². The fourth-order valence-electron chi connectivity index (χ4n) is 5.27. The Morgan fingerprint density at radius 3 is 2.68 bits per heavy atom. The number of para-hydroxylation sites is 1. The summed E-state index contributed by atoms with van der Waals surface area (Å²) in [4.78, 5) is 13.3. The van der Waals surface area contributed by atoms with Gasteiger partial charge in [0.05, 0.1) is 6.04 Å². The van der Waals surface area contributed by atoms with E-state index in [4.69, 9.17) is 16.3 Å². The molecule has 4 aromatic carbocycles. The first-order valence-electron chi connectivity index (χ1n) is 11.7. The third-order valence-electron chi connectivity index (χ3n) is 6.79. The zero-order valence-electron chi connectivity index (χ0n) is 18.7. The molecule has 1 aliphatic heterocycles. The molecular weight excluding hydrogens is 442 g/mol. The number of carbonyl (C=O) groups is 1. The Kier molecular flexibility index (Phi) is 5.35. The largest absolute Gasteiger partial charge is 0.489 e. The number of ketones is 1. The SMILES string of the molecule is O=C1CCCC2=C1[C@H](c1ccccc1OCc1cccc(Cl)c1)Nc1ccc3ccccc3c12. The molecule has 34 heavy (non-hydrogen) atoms. The van der Waals surface area contributed by atoms with E-state index in [0.29, 0.717) is 18.1 Å². The number of hydrogen-bond acceptors (Lipinski definition) is 3. The minimum absolute atomic E-state index is 0.224. The minimum Gasteiger partial charge on any atom is -0.489 e. The molecule has 0 saturated heterocycles. The number of allylic oxidation sites excluding steroid dienone is 1. The van der Waals surface area contributed by atoms with Crippen LogP contribution in [0.25, 0.3) is 16.3 Å². The Hall–Kier alpha value is -3.56. The smallest absolute Gasteiger partial charge is 0.161 e. The second kappa shape index (κ2) is 8.66. The number of benzene rings is 4. The molecule has 1 aliphatic carbocycles. The monoisotopic (exact) mass is 465 g/mol. The number of fused-ring (bicyclic) bond motifs is 4. The Morgan fingerprint density at radius 1 is 0.912 bits per heavy atom. The summed E-state index contributed by atoms with van der Waals surface area (Å²) in [5, 5.41) is 6.78. The lowest BCUT2D eigenvalue weighted by molar-refractivity contribution is -0.116.